The molecule has 2 aromatic rings. The quantitative estimate of drug-likeness (QED) is 0.883. The predicted octanol–water partition coefficient (Wildman–Crippen LogP) is 4.52. The lowest BCUT2D eigenvalue weighted by Gasteiger charge is -2.19. The third-order valence-corrected chi connectivity index (χ3v) is 3.95. The molecule has 2 heteroatoms. The van der Waals surface area contributed by atoms with Gasteiger partial charge in [-0.15, -0.1) is 0 Å². The summed E-state index contributed by atoms with van der Waals surface area (Å²) in [5, 5.41) is 3.02. The Bertz CT molecular complexity index is 608. The monoisotopic (exact) mass is 295 g/mol. The first kappa shape index (κ1) is 16.3. The number of carbonyl (C=O) groups excluding carboxylic acids is 1. The van der Waals surface area contributed by atoms with Crippen LogP contribution >= 0.6 is 0 Å². The maximum atomic E-state index is 12.2. The van der Waals surface area contributed by atoms with Crippen molar-refractivity contribution in [1.29, 1.82) is 0 Å². The minimum absolute atomic E-state index is 0.0109. The zero-order valence-electron chi connectivity index (χ0n) is 13.9. The normalized spacial score (nSPS) is 12.7. The van der Waals surface area contributed by atoms with Crippen molar-refractivity contribution in [2.45, 2.75) is 39.0 Å². The largest absolute Gasteiger partial charge is 0.351 e. The van der Waals surface area contributed by atoms with E-state index in [1.165, 1.54) is 11.1 Å². The van der Waals surface area contributed by atoms with Crippen molar-refractivity contribution in [1.82, 2.24) is 5.32 Å². The third kappa shape index (κ3) is 4.20. The Kier molecular flexibility index (Phi) is 5.02. The fourth-order valence-electron chi connectivity index (χ4n) is 2.37. The molecule has 0 bridgehead atoms. The maximum absolute atomic E-state index is 12.2. The summed E-state index contributed by atoms with van der Waals surface area (Å²) in [5.41, 5.74) is 3.30. The molecule has 0 unspecified atom stereocenters. The molecule has 0 aliphatic heterocycles. The Morgan fingerprint density at radius 2 is 1.59 bits per heavy atom. The van der Waals surface area contributed by atoms with Crippen LogP contribution in [-0.2, 0) is 5.41 Å². The molecule has 116 valence electrons. The highest BCUT2D eigenvalue weighted by Crippen LogP contribution is 2.22. The molecule has 1 atom stereocenters. The second-order valence-electron chi connectivity index (χ2n) is 6.85. The van der Waals surface area contributed by atoms with Gasteiger partial charge in [0, 0.05) is 12.1 Å². The van der Waals surface area contributed by atoms with Gasteiger partial charge in [0.25, 0.3) is 5.91 Å². The summed E-state index contributed by atoms with van der Waals surface area (Å²) < 4.78 is 0. The zero-order chi connectivity index (χ0) is 16.2. The van der Waals surface area contributed by atoms with Crippen LogP contribution < -0.4 is 5.32 Å². The van der Waals surface area contributed by atoms with E-state index in [9.17, 15) is 4.79 Å². The molecule has 0 saturated heterocycles. The first-order valence-corrected chi connectivity index (χ1v) is 7.81. The fourth-order valence-corrected chi connectivity index (χ4v) is 2.37. The molecule has 2 rings (SSSR count). The number of hydrogen-bond acceptors (Lipinski definition) is 1. The van der Waals surface area contributed by atoms with Crippen molar-refractivity contribution in [2.75, 3.05) is 6.54 Å². The van der Waals surface area contributed by atoms with Crippen LogP contribution in [0.3, 0.4) is 0 Å². The standard InChI is InChI=1S/C20H25NO/c1-15(16-8-6-5-7-9-16)14-21-19(22)17-10-12-18(13-11-17)20(2,3)4/h5-13,15H,14H2,1-4H3,(H,21,22)/t15-/m0/s1. The Balaban J connectivity index is 1.95. The smallest absolute Gasteiger partial charge is 0.251 e. The SMILES string of the molecule is C[C@@H](CNC(=O)c1ccc(C(C)(C)C)cc1)c1ccccc1. The fraction of sp³-hybridized carbons (Fsp3) is 0.350. The van der Waals surface area contributed by atoms with Crippen LogP contribution in [0.2, 0.25) is 0 Å². The first-order valence-electron chi connectivity index (χ1n) is 7.81. The topological polar surface area (TPSA) is 29.1 Å². The summed E-state index contributed by atoms with van der Waals surface area (Å²) in [6, 6.07) is 18.1. The van der Waals surface area contributed by atoms with Crippen molar-refractivity contribution in [3.05, 3.63) is 71.3 Å². The van der Waals surface area contributed by atoms with Crippen LogP contribution in [0, 0.1) is 0 Å². The van der Waals surface area contributed by atoms with Gasteiger partial charge in [0.1, 0.15) is 0 Å². The van der Waals surface area contributed by atoms with Gasteiger partial charge in [-0.25, -0.2) is 0 Å². The van der Waals surface area contributed by atoms with Crippen molar-refractivity contribution in [3.63, 3.8) is 0 Å². The first-order chi connectivity index (χ1) is 10.4. The number of benzene rings is 2. The van der Waals surface area contributed by atoms with Crippen LogP contribution in [0.4, 0.5) is 0 Å². The van der Waals surface area contributed by atoms with Crippen molar-refractivity contribution < 1.29 is 4.79 Å². The minimum atomic E-state index is -0.0109. The van der Waals surface area contributed by atoms with Gasteiger partial charge < -0.3 is 5.32 Å². The highest BCUT2D eigenvalue weighted by atomic mass is 16.1. The van der Waals surface area contributed by atoms with Crippen molar-refractivity contribution in [2.24, 2.45) is 0 Å². The van der Waals surface area contributed by atoms with Crippen LogP contribution in [0.25, 0.3) is 0 Å². The van der Waals surface area contributed by atoms with Gasteiger partial charge >= 0.3 is 0 Å². The highest BCUT2D eigenvalue weighted by molar-refractivity contribution is 5.94. The molecule has 22 heavy (non-hydrogen) atoms. The number of carbonyl (C=O) groups is 1. The average Bonchev–Trinajstić information content (AvgIpc) is 2.52. The van der Waals surface area contributed by atoms with Gasteiger partial charge in [-0.1, -0.05) is 70.2 Å². The summed E-state index contributed by atoms with van der Waals surface area (Å²) in [4.78, 5) is 12.2. The average molecular weight is 295 g/mol. The van der Waals surface area contributed by atoms with Crippen LogP contribution in [0.5, 0.6) is 0 Å². The molecule has 1 amide bonds. The molecular formula is C20H25NO. The Hall–Kier alpha value is -2.09. The molecule has 0 saturated carbocycles. The van der Waals surface area contributed by atoms with Gasteiger partial charge in [0.2, 0.25) is 0 Å². The van der Waals surface area contributed by atoms with E-state index < -0.39 is 0 Å². The van der Waals surface area contributed by atoms with E-state index >= 15 is 0 Å². The molecule has 0 aliphatic carbocycles. The molecule has 0 aromatic heterocycles. The van der Waals surface area contributed by atoms with Crippen LogP contribution in [-0.4, -0.2) is 12.5 Å². The second-order valence-corrected chi connectivity index (χ2v) is 6.85. The van der Waals surface area contributed by atoms with E-state index in [1.54, 1.807) is 0 Å². The van der Waals surface area contributed by atoms with E-state index in [2.05, 4.69) is 45.1 Å². The molecular weight excluding hydrogens is 270 g/mol. The van der Waals surface area contributed by atoms with Gasteiger partial charge in [0.05, 0.1) is 0 Å². The van der Waals surface area contributed by atoms with Gasteiger partial charge in [-0.2, -0.15) is 0 Å². The molecule has 0 heterocycles. The van der Waals surface area contributed by atoms with E-state index in [0.29, 0.717) is 18.0 Å². The molecule has 0 spiro atoms. The third-order valence-electron chi connectivity index (χ3n) is 3.95. The van der Waals surface area contributed by atoms with E-state index in [0.717, 1.165) is 0 Å². The van der Waals surface area contributed by atoms with E-state index in [-0.39, 0.29) is 11.3 Å². The van der Waals surface area contributed by atoms with Gasteiger partial charge in [0.15, 0.2) is 0 Å². The maximum Gasteiger partial charge on any atom is 0.251 e. The van der Waals surface area contributed by atoms with Crippen molar-refractivity contribution >= 4 is 5.91 Å². The molecule has 1 N–H and O–H groups in total. The molecule has 2 aromatic carbocycles. The second kappa shape index (κ2) is 6.78. The lowest BCUT2D eigenvalue weighted by atomic mass is 9.86. The minimum Gasteiger partial charge on any atom is -0.351 e. The van der Waals surface area contributed by atoms with E-state index in [1.807, 2.05) is 42.5 Å². The van der Waals surface area contributed by atoms with Crippen LogP contribution in [0.1, 0.15) is 55.1 Å². The van der Waals surface area contributed by atoms with Crippen molar-refractivity contribution in [3.8, 4) is 0 Å². The molecule has 2 nitrogen and oxygen atoms in total. The highest BCUT2D eigenvalue weighted by Gasteiger charge is 2.14. The summed E-state index contributed by atoms with van der Waals surface area (Å²) in [7, 11) is 0. The Labute approximate surface area is 133 Å². The number of nitrogens with one attached hydrogen (secondary N) is 1. The predicted molar refractivity (Wildman–Crippen MR) is 92.3 cm³/mol. The van der Waals surface area contributed by atoms with Gasteiger partial charge in [-0.05, 0) is 34.6 Å². The molecule has 0 fully saturated rings. The summed E-state index contributed by atoms with van der Waals surface area (Å²) in [5.74, 6) is 0.294. The summed E-state index contributed by atoms with van der Waals surface area (Å²) >= 11 is 0. The number of rotatable bonds is 4. The summed E-state index contributed by atoms with van der Waals surface area (Å²) in [6.07, 6.45) is 0. The van der Waals surface area contributed by atoms with Crippen LogP contribution in [0.15, 0.2) is 54.6 Å². The zero-order valence-corrected chi connectivity index (χ0v) is 13.9. The molecule has 0 radical (unpaired) electrons. The Morgan fingerprint density at radius 1 is 1.00 bits per heavy atom. The lowest BCUT2D eigenvalue weighted by molar-refractivity contribution is 0.0951. The Morgan fingerprint density at radius 3 is 2.14 bits per heavy atom. The number of hydrogen-bond donors (Lipinski definition) is 1. The lowest BCUT2D eigenvalue weighted by Crippen LogP contribution is -2.27. The molecule has 0 aliphatic rings. The summed E-state index contributed by atoms with van der Waals surface area (Å²) in [6.45, 7) is 9.28. The van der Waals surface area contributed by atoms with Gasteiger partial charge in [-0.3, -0.25) is 4.79 Å². The number of amides is 1. The van der Waals surface area contributed by atoms with E-state index in [4.69, 9.17) is 0 Å².